The second kappa shape index (κ2) is 45.9. The third kappa shape index (κ3) is 31.2. The number of unbranched alkanes of at least 4 members (excludes halogenated alkanes) is 40. The molecule has 2 aromatic rings. The molecule has 0 aliphatic rings. The van der Waals surface area contributed by atoms with Crippen molar-refractivity contribution >= 4 is 0 Å². The Hall–Kier alpha value is -1.56. The number of benzene rings is 2. The maximum atomic E-state index is 4.34. The molecule has 2 rings (SSSR count). The molecule has 0 saturated heterocycles. The zero-order chi connectivity index (χ0) is 57.1. The average Bonchev–Trinajstić information content (AvgIpc) is 3.53. The van der Waals surface area contributed by atoms with E-state index in [2.05, 4.69) is 102 Å². The Kier molecular flexibility index (Phi) is 42.7. The van der Waals surface area contributed by atoms with Crippen LogP contribution in [0.15, 0.2) is 0 Å². The topological polar surface area (TPSA) is 0 Å². The van der Waals surface area contributed by atoms with Crippen LogP contribution in [0.5, 0.6) is 0 Å². The minimum atomic E-state index is 0.0484. The quantitative estimate of drug-likeness (QED) is 0.0579. The van der Waals surface area contributed by atoms with Crippen LogP contribution in [0.2, 0.25) is 0 Å². The van der Waals surface area contributed by atoms with E-state index in [1.165, 1.54) is 321 Å². The Morgan fingerprint density at radius 2 is 0.474 bits per heavy atom. The van der Waals surface area contributed by atoms with E-state index in [9.17, 15) is 0 Å². The molecule has 0 heteroatoms. The van der Waals surface area contributed by atoms with Crippen LogP contribution in [0, 0.1) is 26.0 Å². The maximum absolute atomic E-state index is 4.34. The van der Waals surface area contributed by atoms with Gasteiger partial charge in [-0.15, -0.1) is 0 Å². The highest BCUT2D eigenvalue weighted by Gasteiger charge is 2.33. The van der Waals surface area contributed by atoms with E-state index >= 15 is 0 Å². The lowest BCUT2D eigenvalue weighted by Gasteiger charge is -2.35. The lowest BCUT2D eigenvalue weighted by Crippen LogP contribution is -2.23. The lowest BCUT2D eigenvalue weighted by molar-refractivity contribution is 0.538. The van der Waals surface area contributed by atoms with Gasteiger partial charge in [0.25, 0.3) is 0 Å². The van der Waals surface area contributed by atoms with Crippen molar-refractivity contribution in [2.75, 3.05) is 0 Å². The fraction of sp³-hybridized carbons (Fsp3) is 0.846. The SMILES string of the molecule is CCCCCCCCCCCCCc1[c]c(C(C)(C)C)c(CCCCCCCCCCCCC)c(C(CCC)c2c(C)c(CCCCCCCCCCCCC)[c]c(C(C)(C)C)c2CCCCCCCCCCCCC)c1C. The summed E-state index contributed by atoms with van der Waals surface area (Å²) in [4.78, 5) is 0. The van der Waals surface area contributed by atoms with Crippen LogP contribution in [0.1, 0.15) is 433 Å². The van der Waals surface area contributed by atoms with Gasteiger partial charge in [-0.1, -0.05) is 339 Å². The van der Waals surface area contributed by atoms with Gasteiger partial charge in [0.2, 0.25) is 0 Å². The maximum Gasteiger partial charge on any atom is 0.0100 e. The molecule has 0 bridgehead atoms. The first-order valence-electron chi connectivity index (χ1n) is 35.9. The van der Waals surface area contributed by atoms with Crippen LogP contribution in [-0.2, 0) is 36.5 Å². The fourth-order valence-corrected chi connectivity index (χ4v) is 13.5. The van der Waals surface area contributed by atoms with E-state index in [4.69, 9.17) is 0 Å². The second-order valence-corrected chi connectivity index (χ2v) is 28.0. The minimum Gasteiger partial charge on any atom is -0.0654 e. The van der Waals surface area contributed by atoms with Crippen LogP contribution >= 0.6 is 0 Å². The Morgan fingerprint density at radius 1 is 0.269 bits per heavy atom. The molecule has 0 atom stereocenters. The number of hydrogen-bond acceptors (Lipinski definition) is 0. The Bertz CT molecular complexity index is 1580. The molecular weight excluding hydrogens is 937 g/mol. The van der Waals surface area contributed by atoms with Crippen molar-refractivity contribution in [3.05, 3.63) is 67.8 Å². The predicted octanol–water partition coefficient (Wildman–Crippen LogP) is 26.8. The van der Waals surface area contributed by atoms with Gasteiger partial charge in [0, 0.05) is 5.92 Å². The number of aryl methyl sites for hydroxylation is 2. The summed E-state index contributed by atoms with van der Waals surface area (Å²) in [7, 11) is 0. The molecule has 0 aliphatic heterocycles. The smallest absolute Gasteiger partial charge is 0.0100 e. The van der Waals surface area contributed by atoms with Gasteiger partial charge < -0.3 is 0 Å². The number of rotatable bonds is 52. The summed E-state index contributed by atoms with van der Waals surface area (Å²) >= 11 is 0. The van der Waals surface area contributed by atoms with Crippen LogP contribution in [0.3, 0.4) is 0 Å². The molecule has 0 N–H and O–H groups in total. The van der Waals surface area contributed by atoms with Crippen molar-refractivity contribution in [2.45, 2.75) is 428 Å². The van der Waals surface area contributed by atoms with Gasteiger partial charge in [-0.25, -0.2) is 0 Å². The van der Waals surface area contributed by atoms with Crippen molar-refractivity contribution in [1.82, 2.24) is 0 Å². The molecule has 2 radical (unpaired) electrons. The molecule has 0 aromatic heterocycles. The molecule has 0 saturated carbocycles. The van der Waals surface area contributed by atoms with Crippen LogP contribution < -0.4 is 0 Å². The molecule has 78 heavy (non-hydrogen) atoms. The minimum absolute atomic E-state index is 0.0484. The van der Waals surface area contributed by atoms with Crippen molar-refractivity contribution in [3.8, 4) is 0 Å². The molecule has 452 valence electrons. The van der Waals surface area contributed by atoms with Crippen molar-refractivity contribution < 1.29 is 0 Å². The van der Waals surface area contributed by atoms with Gasteiger partial charge in [0.15, 0.2) is 0 Å². The summed E-state index contributed by atoms with van der Waals surface area (Å²) in [5.74, 6) is 0.416. The molecular formula is C78H140. The summed E-state index contributed by atoms with van der Waals surface area (Å²) in [6.07, 6.45) is 68.8. The van der Waals surface area contributed by atoms with Crippen molar-refractivity contribution in [2.24, 2.45) is 0 Å². The molecule has 0 fully saturated rings. The third-order valence-electron chi connectivity index (χ3n) is 18.4. The molecule has 0 amide bonds. The normalized spacial score (nSPS) is 12.3. The van der Waals surface area contributed by atoms with Gasteiger partial charge in [-0.05, 0) is 150 Å². The zero-order valence-corrected chi connectivity index (χ0v) is 55.9. The van der Waals surface area contributed by atoms with E-state index in [1.807, 2.05) is 0 Å². The van der Waals surface area contributed by atoms with E-state index in [0.717, 1.165) is 0 Å². The molecule has 0 spiro atoms. The summed E-state index contributed by atoms with van der Waals surface area (Å²) in [6.45, 7) is 32.1. The van der Waals surface area contributed by atoms with E-state index < -0.39 is 0 Å². The van der Waals surface area contributed by atoms with Gasteiger partial charge in [-0.3, -0.25) is 0 Å². The molecule has 0 heterocycles. The highest BCUT2D eigenvalue weighted by atomic mass is 14.4. The first-order chi connectivity index (χ1) is 37.8. The van der Waals surface area contributed by atoms with Gasteiger partial charge in [0.1, 0.15) is 0 Å². The summed E-state index contributed by atoms with van der Waals surface area (Å²) in [5, 5.41) is 0. The average molecular weight is 1080 g/mol. The van der Waals surface area contributed by atoms with Gasteiger partial charge in [-0.2, -0.15) is 0 Å². The Morgan fingerprint density at radius 3 is 0.679 bits per heavy atom. The van der Waals surface area contributed by atoms with Crippen LogP contribution in [0.4, 0.5) is 0 Å². The van der Waals surface area contributed by atoms with E-state index in [0.29, 0.717) is 5.92 Å². The van der Waals surface area contributed by atoms with Crippen molar-refractivity contribution in [1.29, 1.82) is 0 Å². The van der Waals surface area contributed by atoms with Crippen LogP contribution in [0.25, 0.3) is 0 Å². The molecule has 0 nitrogen and oxygen atoms in total. The number of hydrogen-bond donors (Lipinski definition) is 0. The third-order valence-corrected chi connectivity index (χ3v) is 18.4. The van der Waals surface area contributed by atoms with Gasteiger partial charge in [0.05, 0.1) is 0 Å². The van der Waals surface area contributed by atoms with E-state index in [-0.39, 0.29) is 10.8 Å². The Labute approximate surface area is 493 Å². The summed E-state index contributed by atoms with van der Waals surface area (Å²) in [5.41, 5.74) is 16.5. The fourth-order valence-electron chi connectivity index (χ4n) is 13.5. The monoisotopic (exact) mass is 1080 g/mol. The molecule has 0 aliphatic carbocycles. The summed E-state index contributed by atoms with van der Waals surface area (Å²) in [6, 6.07) is 8.69. The highest BCUT2D eigenvalue weighted by molar-refractivity contribution is 5.57. The Balaban J connectivity index is 2.67. The first-order valence-corrected chi connectivity index (χ1v) is 35.9. The lowest BCUT2D eigenvalue weighted by atomic mass is 9.69. The van der Waals surface area contributed by atoms with Crippen LogP contribution in [-0.4, -0.2) is 0 Å². The first kappa shape index (κ1) is 72.5. The van der Waals surface area contributed by atoms with Gasteiger partial charge >= 0.3 is 0 Å². The highest BCUT2D eigenvalue weighted by Crippen LogP contribution is 2.46. The summed E-state index contributed by atoms with van der Waals surface area (Å²) < 4.78 is 0. The van der Waals surface area contributed by atoms with Crippen molar-refractivity contribution in [3.63, 3.8) is 0 Å². The standard InChI is InChI=1S/C78H140/c1-14-19-23-27-31-35-39-43-47-51-55-60-68-64-73(77(8,9)10)70(62-57-53-49-45-41-37-33-29-25-21-16-3)75(66(68)6)72(59-18-5)76-67(7)69(61-56-52-48-44-40-36-32-28-24-20-15-2)65-74(78(11,12)13)71(76)63-58-54-50-46-42-38-34-30-26-22-17-4/h72H,14-63H2,1-13H3. The molecule has 2 aromatic carbocycles. The predicted molar refractivity (Wildman–Crippen MR) is 355 cm³/mol. The zero-order valence-electron chi connectivity index (χ0n) is 55.9. The largest absolute Gasteiger partial charge is 0.0654 e. The molecule has 0 unspecified atom stereocenters. The second-order valence-electron chi connectivity index (χ2n) is 28.0. The van der Waals surface area contributed by atoms with E-state index in [1.54, 1.807) is 55.6 Å².